The Morgan fingerprint density at radius 2 is 2.24 bits per heavy atom. The molecule has 0 saturated carbocycles. The highest BCUT2D eigenvalue weighted by Gasteiger charge is 2.40. The van der Waals surface area contributed by atoms with E-state index >= 15 is 0 Å². The number of benzene rings is 1. The fraction of sp³-hybridized carbons (Fsp3) is 0.467. The lowest BCUT2D eigenvalue weighted by Gasteiger charge is -2.39. The maximum absolute atomic E-state index is 12.2. The van der Waals surface area contributed by atoms with Gasteiger partial charge in [0.1, 0.15) is 0 Å². The zero-order chi connectivity index (χ0) is 15.6. The van der Waals surface area contributed by atoms with Crippen LogP contribution in [0.2, 0.25) is 5.02 Å². The average Bonchev–Trinajstić information content (AvgIpc) is 2.44. The lowest BCUT2D eigenvalue weighted by Crippen LogP contribution is -2.45. The second-order valence-electron chi connectivity index (χ2n) is 5.19. The maximum Gasteiger partial charge on any atom is 0.308 e. The van der Waals surface area contributed by atoms with Crippen LogP contribution in [0.5, 0.6) is 0 Å². The first-order valence-electron chi connectivity index (χ1n) is 6.93. The Morgan fingerprint density at radius 1 is 1.52 bits per heavy atom. The van der Waals surface area contributed by atoms with Crippen molar-refractivity contribution in [3.05, 3.63) is 33.3 Å². The zero-order valence-electron chi connectivity index (χ0n) is 11.7. The number of carboxylic acids is 1. The van der Waals surface area contributed by atoms with Gasteiger partial charge < -0.3 is 10.0 Å². The first-order valence-corrected chi connectivity index (χ1v) is 8.10. The van der Waals surface area contributed by atoms with Crippen LogP contribution in [0.3, 0.4) is 0 Å². The van der Waals surface area contributed by atoms with Gasteiger partial charge in [-0.2, -0.15) is 0 Å². The highest BCUT2D eigenvalue weighted by Crippen LogP contribution is 2.38. The van der Waals surface area contributed by atoms with Gasteiger partial charge in [0.15, 0.2) is 0 Å². The number of likely N-dealkylation sites (tertiary alicyclic amines) is 1. The summed E-state index contributed by atoms with van der Waals surface area (Å²) >= 11 is 9.36. The van der Waals surface area contributed by atoms with E-state index in [1.165, 1.54) is 0 Å². The monoisotopic (exact) mass is 373 g/mol. The predicted molar refractivity (Wildman–Crippen MR) is 84.3 cm³/mol. The third kappa shape index (κ3) is 3.40. The van der Waals surface area contributed by atoms with Crippen LogP contribution in [0, 0.1) is 5.92 Å². The zero-order valence-corrected chi connectivity index (χ0v) is 14.0. The summed E-state index contributed by atoms with van der Waals surface area (Å²) in [7, 11) is 0. The molecule has 0 aliphatic carbocycles. The molecular weight excluding hydrogens is 358 g/mol. The van der Waals surface area contributed by atoms with Crippen molar-refractivity contribution >= 4 is 39.4 Å². The van der Waals surface area contributed by atoms with Crippen molar-refractivity contribution in [3.63, 3.8) is 0 Å². The van der Waals surface area contributed by atoms with Gasteiger partial charge in [-0.15, -0.1) is 0 Å². The van der Waals surface area contributed by atoms with Crippen LogP contribution < -0.4 is 0 Å². The summed E-state index contributed by atoms with van der Waals surface area (Å²) in [6.45, 7) is 2.54. The van der Waals surface area contributed by atoms with Crippen LogP contribution in [0.15, 0.2) is 22.7 Å². The molecule has 1 saturated heterocycles. The molecule has 21 heavy (non-hydrogen) atoms. The molecule has 6 heteroatoms. The molecule has 0 spiro atoms. The Balaban J connectivity index is 2.45. The third-order valence-corrected chi connectivity index (χ3v) is 4.99. The highest BCUT2D eigenvalue weighted by molar-refractivity contribution is 9.10. The fourth-order valence-corrected chi connectivity index (χ4v) is 3.34. The number of aliphatic carboxylic acids is 1. The minimum atomic E-state index is -0.861. The van der Waals surface area contributed by atoms with Gasteiger partial charge in [0, 0.05) is 17.4 Å². The predicted octanol–water partition coefficient (Wildman–Crippen LogP) is 3.88. The Morgan fingerprint density at radius 3 is 2.81 bits per heavy atom. The molecule has 1 heterocycles. The summed E-state index contributed by atoms with van der Waals surface area (Å²) in [6.07, 6.45) is 1.46. The quantitative estimate of drug-likeness (QED) is 0.870. The van der Waals surface area contributed by atoms with Crippen molar-refractivity contribution in [2.24, 2.45) is 5.92 Å². The summed E-state index contributed by atoms with van der Waals surface area (Å²) in [5.74, 6) is -1.42. The van der Waals surface area contributed by atoms with Crippen molar-refractivity contribution in [2.75, 3.05) is 6.54 Å². The van der Waals surface area contributed by atoms with Crippen LogP contribution in [-0.4, -0.2) is 28.4 Å². The van der Waals surface area contributed by atoms with Crippen LogP contribution in [-0.2, 0) is 9.59 Å². The number of hydrogen-bond acceptors (Lipinski definition) is 2. The van der Waals surface area contributed by atoms with Gasteiger partial charge in [-0.3, -0.25) is 9.59 Å². The van der Waals surface area contributed by atoms with E-state index in [4.69, 9.17) is 11.6 Å². The van der Waals surface area contributed by atoms with Gasteiger partial charge in [0.2, 0.25) is 5.91 Å². The van der Waals surface area contributed by atoms with Gasteiger partial charge in [-0.25, -0.2) is 0 Å². The molecule has 1 aliphatic rings. The maximum atomic E-state index is 12.2. The first kappa shape index (κ1) is 16.3. The van der Waals surface area contributed by atoms with E-state index in [2.05, 4.69) is 15.9 Å². The van der Waals surface area contributed by atoms with E-state index in [0.29, 0.717) is 28.9 Å². The topological polar surface area (TPSA) is 57.6 Å². The van der Waals surface area contributed by atoms with Crippen LogP contribution >= 0.6 is 27.5 Å². The normalized spacial score (nSPS) is 22.4. The van der Waals surface area contributed by atoms with E-state index in [1.807, 2.05) is 13.0 Å². The number of carbonyl (C=O) groups is 2. The number of carboxylic acid groups (broad SMARTS) is 1. The Labute approximate surface area is 137 Å². The molecule has 1 aromatic rings. The highest BCUT2D eigenvalue weighted by atomic mass is 79.9. The molecule has 1 fully saturated rings. The van der Waals surface area contributed by atoms with Crippen LogP contribution in [0.1, 0.15) is 37.8 Å². The van der Waals surface area contributed by atoms with E-state index in [1.54, 1.807) is 17.0 Å². The van der Waals surface area contributed by atoms with Crippen LogP contribution in [0.4, 0.5) is 0 Å². The minimum absolute atomic E-state index is 0.0189. The van der Waals surface area contributed by atoms with Crippen molar-refractivity contribution in [2.45, 2.75) is 32.2 Å². The lowest BCUT2D eigenvalue weighted by atomic mass is 9.84. The van der Waals surface area contributed by atoms with Gasteiger partial charge in [-0.05, 0) is 46.5 Å². The smallest absolute Gasteiger partial charge is 0.308 e. The Hall–Kier alpha value is -1.07. The van der Waals surface area contributed by atoms with Crippen molar-refractivity contribution in [1.29, 1.82) is 0 Å². The van der Waals surface area contributed by atoms with E-state index in [-0.39, 0.29) is 5.91 Å². The van der Waals surface area contributed by atoms with Crippen molar-refractivity contribution < 1.29 is 14.7 Å². The number of piperidine rings is 1. The fourth-order valence-electron chi connectivity index (χ4n) is 2.82. The van der Waals surface area contributed by atoms with Gasteiger partial charge >= 0.3 is 5.97 Å². The molecule has 0 radical (unpaired) electrons. The second kappa shape index (κ2) is 6.79. The molecule has 4 nitrogen and oxygen atoms in total. The lowest BCUT2D eigenvalue weighted by molar-refractivity contribution is -0.152. The van der Waals surface area contributed by atoms with Gasteiger partial charge in [0.25, 0.3) is 0 Å². The number of amides is 1. The minimum Gasteiger partial charge on any atom is -0.481 e. The Kier molecular flexibility index (Phi) is 5.27. The number of hydrogen-bond donors (Lipinski definition) is 1. The molecule has 1 amide bonds. The standard InChI is InChI=1S/C15H17BrClNO3/c1-2-7-18-13(19)6-4-10(15(20)21)14(18)9-3-5-12(17)11(16)8-9/h3,5,8,10,14H,2,4,6-7H2,1H3,(H,20,21). The summed E-state index contributed by atoms with van der Waals surface area (Å²) < 4.78 is 0.709. The Bertz CT molecular complexity index is 564. The van der Waals surface area contributed by atoms with E-state index in [0.717, 1.165) is 12.0 Å². The van der Waals surface area contributed by atoms with E-state index in [9.17, 15) is 14.7 Å². The third-order valence-electron chi connectivity index (χ3n) is 3.77. The average molecular weight is 375 g/mol. The molecule has 114 valence electrons. The van der Waals surface area contributed by atoms with Gasteiger partial charge in [-0.1, -0.05) is 24.6 Å². The molecule has 1 aliphatic heterocycles. The summed E-state index contributed by atoms with van der Waals surface area (Å²) in [4.78, 5) is 25.4. The summed E-state index contributed by atoms with van der Waals surface area (Å²) in [5, 5.41) is 10.1. The number of nitrogens with zero attached hydrogens (tertiary/aromatic N) is 1. The van der Waals surface area contributed by atoms with Crippen LogP contribution in [0.25, 0.3) is 0 Å². The van der Waals surface area contributed by atoms with Crippen molar-refractivity contribution in [3.8, 4) is 0 Å². The molecule has 1 aromatic carbocycles. The molecule has 0 aromatic heterocycles. The molecule has 2 unspecified atom stereocenters. The first-order chi connectivity index (χ1) is 9.95. The number of halogens is 2. The molecule has 2 atom stereocenters. The molecule has 2 rings (SSSR count). The van der Waals surface area contributed by atoms with Gasteiger partial charge in [0.05, 0.1) is 17.0 Å². The largest absolute Gasteiger partial charge is 0.481 e. The van der Waals surface area contributed by atoms with E-state index < -0.39 is 17.9 Å². The summed E-state index contributed by atoms with van der Waals surface area (Å²) in [6, 6.07) is 4.90. The molecular formula is C15H17BrClNO3. The number of rotatable bonds is 4. The SMILES string of the molecule is CCCN1C(=O)CCC(C(=O)O)C1c1ccc(Cl)c(Br)c1. The molecule has 0 bridgehead atoms. The summed E-state index contributed by atoms with van der Waals surface area (Å²) in [5.41, 5.74) is 0.806. The second-order valence-corrected chi connectivity index (χ2v) is 6.45. The molecule has 1 N–H and O–H groups in total. The van der Waals surface area contributed by atoms with Crippen molar-refractivity contribution in [1.82, 2.24) is 4.90 Å². The number of carbonyl (C=O) groups excluding carboxylic acids is 1.